The molecular weight excluding hydrogens is 983 g/mol. The summed E-state index contributed by atoms with van der Waals surface area (Å²) >= 11 is 0. The summed E-state index contributed by atoms with van der Waals surface area (Å²) in [7, 11) is -5.22. The van der Waals surface area contributed by atoms with Crippen molar-refractivity contribution in [2.45, 2.75) is 257 Å². The van der Waals surface area contributed by atoms with Gasteiger partial charge in [-0.2, -0.15) is 0 Å². The lowest BCUT2D eigenvalue weighted by atomic mass is 9.54. The number of aliphatic hydroxyl groups excluding tert-OH is 1. The van der Waals surface area contributed by atoms with Gasteiger partial charge >= 0.3 is 17.2 Å². The summed E-state index contributed by atoms with van der Waals surface area (Å²) < 4.78 is 10.5. The summed E-state index contributed by atoms with van der Waals surface area (Å²) in [4.78, 5) is 31.3. The summed E-state index contributed by atoms with van der Waals surface area (Å²) in [6, 6.07) is 36.5. The van der Waals surface area contributed by atoms with E-state index in [1.54, 1.807) is 0 Å². The highest BCUT2D eigenvalue weighted by atomic mass is 31.2. The van der Waals surface area contributed by atoms with Crippen LogP contribution in [0.15, 0.2) is 97.1 Å². The van der Waals surface area contributed by atoms with Crippen LogP contribution >= 0.6 is 17.2 Å². The van der Waals surface area contributed by atoms with Gasteiger partial charge in [0.25, 0.3) is 0 Å². The average Bonchev–Trinajstić information content (AvgIpc) is 3.58. The van der Waals surface area contributed by atoms with Gasteiger partial charge in [-0.1, -0.05) is 279 Å². The Labute approximate surface area is 465 Å². The monoisotopic (exact) mass is 1090 g/mol. The van der Waals surface area contributed by atoms with Crippen LogP contribution in [0.3, 0.4) is 0 Å². The van der Waals surface area contributed by atoms with E-state index in [1.807, 2.05) is 6.92 Å². The van der Waals surface area contributed by atoms with Crippen LogP contribution in [0.5, 0.6) is 0 Å². The van der Waals surface area contributed by atoms with E-state index < -0.39 is 34.3 Å². The number of hydrogen-bond acceptors (Lipinski definition) is 8. The number of benzene rings is 4. The Hall–Kier alpha value is -2.58. The third-order valence-corrected chi connectivity index (χ3v) is 16.7. The smallest absolute Gasteiger partial charge is 0.334 e. The van der Waals surface area contributed by atoms with Gasteiger partial charge < -0.3 is 34.5 Å². The molecule has 10 heteroatoms. The Bertz CT molecular complexity index is 1890. The molecule has 0 aliphatic heterocycles. The second kappa shape index (κ2) is 41.4. The van der Waals surface area contributed by atoms with Gasteiger partial charge in [0.05, 0.1) is 24.7 Å². The van der Waals surface area contributed by atoms with Crippen molar-refractivity contribution < 1.29 is 38.8 Å². The molecule has 4 rings (SSSR count). The minimum Gasteiger partial charge on any atom is -0.394 e. The van der Waals surface area contributed by atoms with Gasteiger partial charge in [0.1, 0.15) is 5.60 Å². The Morgan fingerprint density at radius 3 is 0.895 bits per heavy atom. The van der Waals surface area contributed by atoms with E-state index in [-0.39, 0.29) is 13.2 Å². The first kappa shape index (κ1) is 67.7. The molecule has 0 aliphatic carbocycles. The standard InChI is InChI=1S/C66H102O3.H4O5P2/c1-6-10-14-18-22-26-30-42-57-46-34-38-50-61(57)65(68,55-69-56(5)54-67)66(62-51-39-35-47-58(62)43-31-27-23-19-15-11-7-2,63-52-40-36-48-59(63)44-32-28-24-20-16-12-8-3)64-53-41-37-49-60(64)45-33-29-25-21-17-13-9-4;1-6(2)5-7(3)4/h34-41,46-53,56,67-68H,6-33,42-45,54-55H2,1-5H3;1-4H. The average molecular weight is 1090 g/mol. The maximum Gasteiger partial charge on any atom is 0.334 e. The van der Waals surface area contributed by atoms with E-state index in [0.29, 0.717) is 0 Å². The van der Waals surface area contributed by atoms with Crippen LogP contribution in [0.4, 0.5) is 0 Å². The van der Waals surface area contributed by atoms with Crippen LogP contribution in [0.25, 0.3) is 0 Å². The van der Waals surface area contributed by atoms with Crippen molar-refractivity contribution >= 4 is 17.2 Å². The van der Waals surface area contributed by atoms with Crippen molar-refractivity contribution in [1.82, 2.24) is 0 Å². The Morgan fingerprint density at radius 2 is 0.632 bits per heavy atom. The van der Waals surface area contributed by atoms with Crippen molar-refractivity contribution in [2.24, 2.45) is 0 Å². The fourth-order valence-electron chi connectivity index (χ4n) is 11.4. The van der Waals surface area contributed by atoms with Gasteiger partial charge in [-0.25, -0.2) is 4.31 Å². The number of aliphatic hydroxyl groups is 2. The molecule has 0 aliphatic rings. The summed E-state index contributed by atoms with van der Waals surface area (Å²) in [5, 5.41) is 25.7. The maximum absolute atomic E-state index is 15.1. The third-order valence-electron chi connectivity index (χ3n) is 15.5. The predicted molar refractivity (Wildman–Crippen MR) is 323 cm³/mol. The molecule has 4 aromatic rings. The van der Waals surface area contributed by atoms with Gasteiger partial charge in [0.2, 0.25) is 0 Å². The second-order valence-corrected chi connectivity index (χ2v) is 23.3. The molecule has 0 saturated carbocycles. The highest BCUT2D eigenvalue weighted by Gasteiger charge is 2.58. The summed E-state index contributed by atoms with van der Waals surface area (Å²) in [6.45, 7) is 11.1. The lowest BCUT2D eigenvalue weighted by Crippen LogP contribution is -2.56. The van der Waals surface area contributed by atoms with Crippen LogP contribution in [-0.4, -0.2) is 49.1 Å². The lowest BCUT2D eigenvalue weighted by molar-refractivity contribution is -0.110. The minimum absolute atomic E-state index is 0.0477. The molecule has 8 nitrogen and oxygen atoms in total. The van der Waals surface area contributed by atoms with Crippen LogP contribution in [-0.2, 0) is 45.7 Å². The number of unbranched alkanes of at least 4 members (excludes halogenated alkanes) is 24. The van der Waals surface area contributed by atoms with E-state index in [9.17, 15) is 5.11 Å². The molecule has 2 atom stereocenters. The topological polar surface area (TPSA) is 140 Å². The SMILES string of the molecule is CCCCCCCCCc1ccccc1C(O)(COC(C)CO)C(c1ccccc1CCCCCCCCC)(c1ccccc1CCCCCCCCC)c1ccccc1CCCCCCCCC.OP(O)OP(O)O. The van der Waals surface area contributed by atoms with Gasteiger partial charge in [0.15, 0.2) is 0 Å². The number of rotatable bonds is 43. The zero-order chi connectivity index (χ0) is 55.1. The molecule has 6 N–H and O–H groups in total. The number of aryl methyl sites for hydroxylation is 4. The first-order valence-electron chi connectivity index (χ1n) is 30.4. The molecule has 0 saturated heterocycles. The van der Waals surface area contributed by atoms with Crippen molar-refractivity contribution in [3.05, 3.63) is 142 Å². The molecule has 0 aromatic heterocycles. The maximum atomic E-state index is 15.1. The quantitative estimate of drug-likeness (QED) is 0.0146. The molecule has 2 unspecified atom stereocenters. The second-order valence-electron chi connectivity index (χ2n) is 21.6. The Balaban J connectivity index is 0.00000202. The Kier molecular flexibility index (Phi) is 36.9. The van der Waals surface area contributed by atoms with E-state index in [1.165, 1.54) is 193 Å². The molecule has 428 valence electrons. The molecule has 0 bridgehead atoms. The zero-order valence-electron chi connectivity index (χ0n) is 48.3. The van der Waals surface area contributed by atoms with Gasteiger partial charge in [-0.3, -0.25) is 0 Å². The number of hydrogen-bond donors (Lipinski definition) is 6. The molecule has 4 aromatic carbocycles. The van der Waals surface area contributed by atoms with Crippen molar-refractivity contribution in [1.29, 1.82) is 0 Å². The van der Waals surface area contributed by atoms with E-state index in [4.69, 9.17) is 24.3 Å². The number of ether oxygens (including phenoxy) is 1. The van der Waals surface area contributed by atoms with E-state index >= 15 is 5.11 Å². The molecule has 0 radical (unpaired) electrons. The normalized spacial score (nSPS) is 13.0. The van der Waals surface area contributed by atoms with Crippen LogP contribution in [0.1, 0.15) is 259 Å². The van der Waals surface area contributed by atoms with Gasteiger partial charge in [-0.05, 0) is 103 Å². The highest BCUT2D eigenvalue weighted by molar-refractivity contribution is 7.53. The predicted octanol–water partition coefficient (Wildman–Crippen LogP) is 17.9. The Morgan fingerprint density at radius 1 is 0.382 bits per heavy atom. The largest absolute Gasteiger partial charge is 0.394 e. The first-order chi connectivity index (χ1) is 37.0. The molecule has 0 fully saturated rings. The van der Waals surface area contributed by atoms with Gasteiger partial charge in [0, 0.05) is 0 Å². The summed E-state index contributed by atoms with van der Waals surface area (Å²) in [5.41, 5.74) is 7.11. The molecule has 0 spiro atoms. The third kappa shape index (κ3) is 23.6. The summed E-state index contributed by atoms with van der Waals surface area (Å²) in [5.74, 6) is 0. The fraction of sp³-hybridized carbons (Fsp3) is 0.636. The zero-order valence-corrected chi connectivity index (χ0v) is 50.0. The van der Waals surface area contributed by atoms with Crippen LogP contribution < -0.4 is 0 Å². The van der Waals surface area contributed by atoms with E-state index in [2.05, 4.69) is 129 Å². The van der Waals surface area contributed by atoms with Gasteiger partial charge in [-0.15, -0.1) is 0 Å². The van der Waals surface area contributed by atoms with E-state index in [0.717, 1.165) is 56.9 Å². The fourth-order valence-corrected chi connectivity index (χ4v) is 11.9. The molecule has 0 amide bonds. The van der Waals surface area contributed by atoms with Crippen molar-refractivity contribution in [3.63, 3.8) is 0 Å². The molecule has 0 heterocycles. The highest BCUT2D eigenvalue weighted by Crippen LogP contribution is 2.56. The first-order valence-corrected chi connectivity index (χ1v) is 32.7. The van der Waals surface area contributed by atoms with Crippen molar-refractivity contribution in [3.8, 4) is 0 Å². The minimum atomic E-state index is -2.61. The lowest BCUT2D eigenvalue weighted by Gasteiger charge is -2.52. The molecule has 76 heavy (non-hydrogen) atoms. The van der Waals surface area contributed by atoms with Crippen molar-refractivity contribution in [2.75, 3.05) is 13.2 Å². The van der Waals surface area contributed by atoms with Crippen LogP contribution in [0.2, 0.25) is 0 Å². The summed E-state index contributed by atoms with van der Waals surface area (Å²) in [6.07, 6.45) is 38.3. The van der Waals surface area contributed by atoms with Crippen LogP contribution in [0, 0.1) is 0 Å². The molecular formula is C66H106O8P2.